The van der Waals surface area contributed by atoms with E-state index in [0.29, 0.717) is 0 Å². The average Bonchev–Trinajstić information content (AvgIpc) is 3.41. The van der Waals surface area contributed by atoms with Gasteiger partial charge in [0.1, 0.15) is 0 Å². The SMILES string of the molecule is CC(C)(C)c1cc[c-]c(-c2nccc3c2C(C)(C)c2c-3ccc3cc(C(C)(C)C)ccc23)c1.CC(C)(C)c1ccnc(-c2[c-]ccc(-c3ccccc3)c2)c1.[Ir]. The molecule has 1 radical (unpaired) electrons. The zero-order valence-corrected chi connectivity index (χ0v) is 37.2. The number of aromatic nitrogens is 2. The first-order chi connectivity index (χ1) is 25.9. The molecule has 0 saturated heterocycles. The standard InChI is InChI=1S/C32H34N.C21H20N.Ir/c1-30(2,3)22-11-9-10-21(19-22)29-28-26(16-17-33-29)25-14-12-20-18-23(31(4,5)6)13-15-24(20)27(25)32(28,7)8;1-21(2,3)19-12-13-22-20(15-19)18-11-7-10-17(14-18)16-8-5-4-6-9-16;/h9,11-19H,1-8H3;4-10,12-15H,1-3H3;/q2*-1;. The molecule has 3 heteroatoms. The quantitative estimate of drug-likeness (QED) is 0.165. The van der Waals surface area contributed by atoms with E-state index in [1.807, 2.05) is 24.5 Å². The van der Waals surface area contributed by atoms with Gasteiger partial charge in [-0.2, -0.15) is 0 Å². The van der Waals surface area contributed by atoms with Crippen molar-refractivity contribution in [1.82, 2.24) is 9.97 Å². The largest absolute Gasteiger partial charge is 0.305 e. The van der Waals surface area contributed by atoms with E-state index in [2.05, 4.69) is 196 Å². The molecule has 287 valence electrons. The second-order valence-electron chi connectivity index (χ2n) is 18.7. The number of hydrogen-bond acceptors (Lipinski definition) is 2. The topological polar surface area (TPSA) is 25.8 Å². The zero-order valence-electron chi connectivity index (χ0n) is 34.9. The summed E-state index contributed by atoms with van der Waals surface area (Å²) in [6, 6.07) is 48.0. The van der Waals surface area contributed by atoms with Crippen molar-refractivity contribution in [1.29, 1.82) is 0 Å². The van der Waals surface area contributed by atoms with Crippen molar-refractivity contribution in [2.45, 2.75) is 97.8 Å². The second kappa shape index (κ2) is 15.3. The van der Waals surface area contributed by atoms with Crippen LogP contribution in [0.4, 0.5) is 0 Å². The molecule has 1 aliphatic rings. The Kier molecular flexibility index (Phi) is 11.2. The van der Waals surface area contributed by atoms with Gasteiger partial charge in [-0.15, -0.1) is 70.8 Å². The smallest absolute Gasteiger partial charge is 0.0167 e. The van der Waals surface area contributed by atoms with Crippen LogP contribution in [-0.2, 0) is 41.8 Å². The van der Waals surface area contributed by atoms with Gasteiger partial charge in [0, 0.05) is 37.9 Å². The average molecular weight is 911 g/mol. The summed E-state index contributed by atoms with van der Waals surface area (Å²) < 4.78 is 0. The Labute approximate surface area is 349 Å². The van der Waals surface area contributed by atoms with Crippen LogP contribution in [-0.4, -0.2) is 9.97 Å². The van der Waals surface area contributed by atoms with E-state index in [9.17, 15) is 0 Å². The molecule has 0 N–H and O–H groups in total. The predicted octanol–water partition coefficient (Wildman–Crippen LogP) is 14.1. The van der Waals surface area contributed by atoms with Gasteiger partial charge in [0.05, 0.1) is 0 Å². The third-order valence-electron chi connectivity index (χ3n) is 11.1. The molecule has 2 nitrogen and oxygen atoms in total. The Hall–Kier alpha value is -4.69. The van der Waals surface area contributed by atoms with Crippen molar-refractivity contribution >= 4 is 10.8 Å². The fraction of sp³-hybridized carbons (Fsp3) is 0.283. The number of hydrogen-bond donors (Lipinski definition) is 0. The first-order valence-electron chi connectivity index (χ1n) is 19.6. The summed E-state index contributed by atoms with van der Waals surface area (Å²) in [5.74, 6) is 0. The van der Waals surface area contributed by atoms with Crippen LogP contribution in [0, 0.1) is 12.1 Å². The number of nitrogens with zero attached hydrogens (tertiary/aromatic N) is 2. The maximum absolute atomic E-state index is 4.92. The molecule has 56 heavy (non-hydrogen) atoms. The van der Waals surface area contributed by atoms with Crippen molar-refractivity contribution in [3.63, 3.8) is 0 Å². The van der Waals surface area contributed by atoms with Crippen molar-refractivity contribution in [3.05, 3.63) is 168 Å². The maximum Gasteiger partial charge on any atom is 0.0167 e. The Morgan fingerprint density at radius 1 is 0.500 bits per heavy atom. The van der Waals surface area contributed by atoms with Crippen molar-refractivity contribution in [2.75, 3.05) is 0 Å². The fourth-order valence-corrected chi connectivity index (χ4v) is 7.88. The second-order valence-corrected chi connectivity index (χ2v) is 18.7. The Morgan fingerprint density at radius 2 is 1.11 bits per heavy atom. The summed E-state index contributed by atoms with van der Waals surface area (Å²) in [5.41, 5.74) is 16.1. The third-order valence-corrected chi connectivity index (χ3v) is 11.1. The monoisotopic (exact) mass is 911 g/mol. The van der Waals surface area contributed by atoms with E-state index >= 15 is 0 Å². The van der Waals surface area contributed by atoms with Gasteiger partial charge < -0.3 is 9.97 Å². The van der Waals surface area contributed by atoms with Gasteiger partial charge in [0.2, 0.25) is 0 Å². The normalized spacial score (nSPS) is 13.3. The van der Waals surface area contributed by atoms with E-state index in [1.54, 1.807) is 0 Å². The molecule has 2 aromatic heterocycles. The van der Waals surface area contributed by atoms with Gasteiger partial charge in [-0.1, -0.05) is 143 Å². The minimum atomic E-state index is -0.150. The summed E-state index contributed by atoms with van der Waals surface area (Å²) in [6.07, 6.45) is 3.85. The van der Waals surface area contributed by atoms with E-state index < -0.39 is 0 Å². The van der Waals surface area contributed by atoms with Gasteiger partial charge in [-0.25, -0.2) is 0 Å². The van der Waals surface area contributed by atoms with E-state index in [1.165, 1.54) is 60.8 Å². The van der Waals surface area contributed by atoms with Crippen molar-refractivity contribution < 1.29 is 20.1 Å². The number of pyridine rings is 2. The molecular weight excluding hydrogens is 857 g/mol. The van der Waals surface area contributed by atoms with E-state index in [-0.39, 0.29) is 41.8 Å². The van der Waals surface area contributed by atoms with E-state index in [0.717, 1.165) is 22.5 Å². The summed E-state index contributed by atoms with van der Waals surface area (Å²) in [4.78, 5) is 9.44. The predicted molar refractivity (Wildman–Crippen MR) is 234 cm³/mol. The summed E-state index contributed by atoms with van der Waals surface area (Å²) >= 11 is 0. The van der Waals surface area contributed by atoms with Crippen LogP contribution < -0.4 is 0 Å². The van der Waals surface area contributed by atoms with Gasteiger partial charge in [-0.05, 0) is 89.5 Å². The molecule has 0 saturated carbocycles. The van der Waals surface area contributed by atoms with Crippen LogP contribution in [0.3, 0.4) is 0 Å². The van der Waals surface area contributed by atoms with Crippen LogP contribution in [0.5, 0.6) is 0 Å². The molecule has 8 rings (SSSR count). The first-order valence-corrected chi connectivity index (χ1v) is 19.6. The third kappa shape index (κ3) is 8.08. The van der Waals surface area contributed by atoms with Crippen molar-refractivity contribution in [3.8, 4) is 44.8 Å². The molecule has 0 atom stereocenters. The van der Waals surface area contributed by atoms with Crippen LogP contribution in [0.2, 0.25) is 0 Å². The zero-order chi connectivity index (χ0) is 39.3. The molecule has 1 aliphatic carbocycles. The van der Waals surface area contributed by atoms with Gasteiger partial charge in [0.25, 0.3) is 0 Å². The molecule has 0 aliphatic heterocycles. The van der Waals surface area contributed by atoms with Crippen LogP contribution in [0.1, 0.15) is 104 Å². The minimum absolute atomic E-state index is 0. The van der Waals surface area contributed by atoms with Gasteiger partial charge in [0.15, 0.2) is 0 Å². The van der Waals surface area contributed by atoms with Gasteiger partial charge in [-0.3, -0.25) is 0 Å². The molecule has 0 bridgehead atoms. The number of fused-ring (bicyclic) bond motifs is 5. The van der Waals surface area contributed by atoms with Crippen LogP contribution in [0.25, 0.3) is 55.5 Å². The molecule has 5 aromatic carbocycles. The van der Waals surface area contributed by atoms with Crippen molar-refractivity contribution in [2.24, 2.45) is 0 Å². The Balaban J connectivity index is 0.000000202. The molecule has 0 spiro atoms. The molecule has 0 unspecified atom stereocenters. The Bertz CT molecular complexity index is 2510. The van der Waals surface area contributed by atoms with Crippen LogP contribution in [0.15, 0.2) is 128 Å². The fourth-order valence-electron chi connectivity index (χ4n) is 7.88. The molecule has 0 fully saturated rings. The Morgan fingerprint density at radius 3 is 1.80 bits per heavy atom. The summed E-state index contributed by atoms with van der Waals surface area (Å²) in [5, 5.41) is 2.66. The molecule has 2 heterocycles. The minimum Gasteiger partial charge on any atom is -0.305 e. The number of rotatable bonds is 3. The van der Waals surface area contributed by atoms with Gasteiger partial charge >= 0.3 is 0 Å². The molecular formula is C53H54IrN2-2. The van der Waals surface area contributed by atoms with E-state index in [4.69, 9.17) is 4.98 Å². The van der Waals surface area contributed by atoms with Crippen LogP contribution >= 0.6 is 0 Å². The molecule has 7 aromatic rings. The summed E-state index contributed by atoms with van der Waals surface area (Å²) in [6.45, 7) is 25.0. The number of benzene rings is 5. The maximum atomic E-state index is 4.92. The molecule has 0 amide bonds. The first kappa shape index (κ1) is 41.0. The summed E-state index contributed by atoms with van der Waals surface area (Å²) in [7, 11) is 0.